The van der Waals surface area contributed by atoms with Gasteiger partial charge in [0.05, 0.1) is 0 Å². The van der Waals surface area contributed by atoms with Gasteiger partial charge in [-0.25, -0.2) is 0 Å². The number of amides is 1. The Morgan fingerprint density at radius 3 is 1.98 bits per heavy atom. The molecule has 8 heteroatoms. The average molecular weight is 650 g/mol. The Labute approximate surface area is 257 Å². The van der Waals surface area contributed by atoms with Crippen LogP contribution in [-0.4, -0.2) is 54.2 Å². The summed E-state index contributed by atoms with van der Waals surface area (Å²) in [6, 6.07) is 8.57. The molecule has 0 bridgehead atoms. The van der Waals surface area contributed by atoms with Gasteiger partial charge >= 0.3 is 207 Å². The van der Waals surface area contributed by atoms with Crippen LogP contribution in [0.2, 0.25) is 0 Å². The standard InChI is InChI=1S/C32H46N2O3S2Se/c1-2-3-4-5-6-7-8-9-10-11-12-13-14-15-16-19-24-33-26-20-17-18-21-28(26)40-29(33)23-22-27-31(37)34(25-30(35)36)32(38)39-27/h17-18,20-23H,2-16,19,24-25H2,1H3,(H,35,36)/b27-22+,29-23+. The number of carboxylic acid groups (broad SMARTS) is 1. The Hall–Kier alpha value is -1.60. The number of unbranched alkanes of at least 4 members (excludes halogenated alkanes) is 15. The molecule has 2 aliphatic heterocycles. The fourth-order valence-electron chi connectivity index (χ4n) is 5.16. The Morgan fingerprint density at radius 2 is 1.40 bits per heavy atom. The number of rotatable bonds is 20. The summed E-state index contributed by atoms with van der Waals surface area (Å²) >= 11 is 6.59. The monoisotopic (exact) mass is 650 g/mol. The number of carboxylic acids is 1. The molecule has 0 radical (unpaired) electrons. The summed E-state index contributed by atoms with van der Waals surface area (Å²) in [4.78, 5) is 27.8. The van der Waals surface area contributed by atoms with Crippen molar-refractivity contribution in [2.45, 2.75) is 110 Å². The normalized spacial score (nSPS) is 17.0. The Bertz CT molecular complexity index is 1040. The van der Waals surface area contributed by atoms with Crippen LogP contribution in [0.15, 0.2) is 45.9 Å². The molecule has 1 fully saturated rings. The number of carbonyl (C=O) groups is 2. The minimum absolute atomic E-state index is 0.177. The first-order chi connectivity index (χ1) is 19.5. The van der Waals surface area contributed by atoms with Gasteiger partial charge in [-0.15, -0.1) is 0 Å². The number of carbonyl (C=O) groups excluding carboxylic acids is 1. The maximum atomic E-state index is 12.6. The molecule has 1 aromatic carbocycles. The zero-order valence-electron chi connectivity index (χ0n) is 24.1. The second-order valence-electron chi connectivity index (χ2n) is 10.7. The predicted molar refractivity (Wildman–Crippen MR) is 174 cm³/mol. The minimum atomic E-state index is -1.06. The quantitative estimate of drug-likeness (QED) is 0.0674. The molecule has 220 valence electrons. The number of nitrogens with zero attached hydrogens (tertiary/aromatic N) is 2. The molecule has 2 aliphatic rings. The zero-order valence-corrected chi connectivity index (χ0v) is 27.4. The molecule has 0 spiro atoms. The molecule has 1 N–H and O–H groups in total. The number of fused-ring (bicyclic) bond motifs is 1. The predicted octanol–water partition coefficient (Wildman–Crippen LogP) is 7.77. The van der Waals surface area contributed by atoms with E-state index < -0.39 is 5.97 Å². The van der Waals surface area contributed by atoms with Gasteiger partial charge in [0, 0.05) is 0 Å². The van der Waals surface area contributed by atoms with E-state index in [-0.39, 0.29) is 27.4 Å². The van der Waals surface area contributed by atoms with E-state index >= 15 is 0 Å². The maximum absolute atomic E-state index is 12.6. The molecule has 0 aliphatic carbocycles. The van der Waals surface area contributed by atoms with Crippen LogP contribution in [0.25, 0.3) is 0 Å². The SMILES string of the molecule is CCCCCCCCCCCCCCCCCCN1/C(=C\C=C2\SC(=S)N(CC(=O)O)C2=O)[Se]c2ccccc21. The molecule has 2 heterocycles. The van der Waals surface area contributed by atoms with Gasteiger partial charge in [0.25, 0.3) is 0 Å². The average Bonchev–Trinajstić information content (AvgIpc) is 3.42. The third-order valence-corrected chi connectivity index (χ3v) is 11.2. The van der Waals surface area contributed by atoms with E-state index in [1.54, 1.807) is 0 Å². The van der Waals surface area contributed by atoms with Gasteiger partial charge in [-0.1, -0.05) is 51.9 Å². The van der Waals surface area contributed by atoms with Crippen molar-refractivity contribution in [1.82, 2.24) is 4.90 Å². The van der Waals surface area contributed by atoms with Crippen molar-refractivity contribution in [3.05, 3.63) is 45.9 Å². The number of thioether (sulfide) groups is 1. The summed E-state index contributed by atoms with van der Waals surface area (Å²) in [5, 5.41) is 9.07. The van der Waals surface area contributed by atoms with Crippen LogP contribution in [0, 0.1) is 0 Å². The molecule has 0 atom stereocenters. The number of anilines is 1. The van der Waals surface area contributed by atoms with Crippen LogP contribution >= 0.6 is 24.0 Å². The number of benzene rings is 1. The first kappa shape index (κ1) is 32.9. The molecule has 5 nitrogen and oxygen atoms in total. The van der Waals surface area contributed by atoms with Gasteiger partial charge in [0.15, 0.2) is 0 Å². The van der Waals surface area contributed by atoms with E-state index in [0.29, 0.717) is 9.23 Å². The topological polar surface area (TPSA) is 60.9 Å². The van der Waals surface area contributed by atoms with Crippen molar-refractivity contribution in [2.75, 3.05) is 18.0 Å². The first-order valence-corrected chi connectivity index (χ1v) is 18.2. The summed E-state index contributed by atoms with van der Waals surface area (Å²) < 4.78 is 2.91. The van der Waals surface area contributed by atoms with E-state index in [1.807, 2.05) is 12.2 Å². The molecule has 3 rings (SSSR count). The fourth-order valence-corrected chi connectivity index (χ4v) is 8.64. The van der Waals surface area contributed by atoms with Crippen molar-refractivity contribution in [1.29, 1.82) is 0 Å². The third-order valence-electron chi connectivity index (χ3n) is 7.42. The summed E-state index contributed by atoms with van der Waals surface area (Å²) in [5.74, 6) is -1.38. The van der Waals surface area contributed by atoms with Gasteiger partial charge < -0.3 is 0 Å². The molecule has 40 heavy (non-hydrogen) atoms. The summed E-state index contributed by atoms with van der Waals surface area (Å²) in [7, 11) is 0. The number of hydrogen-bond acceptors (Lipinski definition) is 5. The number of allylic oxidation sites excluding steroid dienone is 2. The number of para-hydroxylation sites is 1. The number of aliphatic carboxylic acids is 1. The number of hydrogen-bond donors (Lipinski definition) is 1. The van der Waals surface area contributed by atoms with Crippen LogP contribution in [0.4, 0.5) is 5.69 Å². The van der Waals surface area contributed by atoms with Crippen molar-refractivity contribution in [3.8, 4) is 0 Å². The van der Waals surface area contributed by atoms with Gasteiger partial charge in [0.1, 0.15) is 0 Å². The first-order valence-electron chi connectivity index (χ1n) is 15.2. The van der Waals surface area contributed by atoms with E-state index in [4.69, 9.17) is 17.3 Å². The van der Waals surface area contributed by atoms with Crippen LogP contribution < -0.4 is 9.36 Å². The van der Waals surface area contributed by atoms with E-state index in [0.717, 1.165) is 17.9 Å². The molecule has 0 saturated carbocycles. The van der Waals surface area contributed by atoms with Gasteiger partial charge in [-0.3, -0.25) is 0 Å². The summed E-state index contributed by atoms with van der Waals surface area (Å²) in [6.07, 6.45) is 25.7. The van der Waals surface area contributed by atoms with Crippen LogP contribution in [0.5, 0.6) is 0 Å². The Kier molecular flexibility index (Phi) is 15.4. The van der Waals surface area contributed by atoms with Gasteiger partial charge in [0.2, 0.25) is 0 Å². The number of thiocarbonyl (C=S) groups is 1. The zero-order chi connectivity index (χ0) is 28.6. The third kappa shape index (κ3) is 11.0. The van der Waals surface area contributed by atoms with Crippen molar-refractivity contribution in [3.63, 3.8) is 0 Å². The summed E-state index contributed by atoms with van der Waals surface area (Å²) in [5.41, 5.74) is 1.28. The molecule has 0 aromatic heterocycles. The van der Waals surface area contributed by atoms with Gasteiger partial charge in [-0.05, 0) is 0 Å². The van der Waals surface area contributed by atoms with Crippen molar-refractivity contribution >= 4 is 65.3 Å². The molecule has 1 aromatic rings. The van der Waals surface area contributed by atoms with Crippen LogP contribution in [-0.2, 0) is 9.59 Å². The van der Waals surface area contributed by atoms with Gasteiger partial charge in [-0.2, -0.15) is 0 Å². The van der Waals surface area contributed by atoms with Crippen molar-refractivity contribution in [2.24, 2.45) is 0 Å². The van der Waals surface area contributed by atoms with E-state index in [2.05, 4.69) is 36.1 Å². The van der Waals surface area contributed by atoms with Crippen molar-refractivity contribution < 1.29 is 14.7 Å². The molecule has 0 unspecified atom stereocenters. The second kappa shape index (κ2) is 18.8. The van der Waals surface area contributed by atoms with Crippen LogP contribution in [0.1, 0.15) is 110 Å². The molecule has 1 amide bonds. The fraction of sp³-hybridized carbons (Fsp3) is 0.594. The molecule has 1 saturated heterocycles. The Morgan fingerprint density at radius 1 is 0.850 bits per heavy atom. The van der Waals surface area contributed by atoms with E-state index in [1.165, 1.54) is 123 Å². The van der Waals surface area contributed by atoms with E-state index in [9.17, 15) is 9.59 Å². The Balaban J connectivity index is 1.35. The second-order valence-corrected chi connectivity index (χ2v) is 14.6. The molecular weight excluding hydrogens is 603 g/mol. The summed E-state index contributed by atoms with van der Waals surface area (Å²) in [6.45, 7) is 2.87. The molecular formula is C32H46N2O3S2Se. The van der Waals surface area contributed by atoms with Crippen LogP contribution in [0.3, 0.4) is 0 Å².